The number of halogens is 1. The largest absolute Gasteiger partial charge is 0.477 e. The number of aromatic carboxylic acids is 1. The Balaban J connectivity index is 1.21. The maximum atomic E-state index is 15.3. The van der Waals surface area contributed by atoms with E-state index in [0.29, 0.717) is 45.9 Å². The molecular weight excluding hydrogens is 561 g/mol. The summed E-state index contributed by atoms with van der Waals surface area (Å²) >= 11 is 0. The molecule has 1 aliphatic rings. The van der Waals surface area contributed by atoms with Crippen LogP contribution in [0.4, 0.5) is 10.2 Å². The molecule has 0 spiro atoms. The number of anilines is 1. The molecule has 10 heteroatoms. The van der Waals surface area contributed by atoms with Crippen LogP contribution in [-0.2, 0) is 18.0 Å². The number of carboxylic acid groups (broad SMARTS) is 1. The van der Waals surface area contributed by atoms with E-state index < -0.39 is 22.8 Å². The van der Waals surface area contributed by atoms with E-state index in [1.54, 1.807) is 4.57 Å². The van der Waals surface area contributed by atoms with Crippen LogP contribution >= 0.6 is 0 Å². The molecule has 0 aliphatic carbocycles. The fraction of sp³-hybridized carbons (Fsp3) is 0.235. The van der Waals surface area contributed by atoms with Gasteiger partial charge in [-0.3, -0.25) is 9.69 Å². The summed E-state index contributed by atoms with van der Waals surface area (Å²) in [5.74, 6) is -1.85. The van der Waals surface area contributed by atoms with E-state index in [2.05, 4.69) is 45.4 Å². The highest BCUT2D eigenvalue weighted by Crippen LogP contribution is 2.23. The number of hydrogen-bond donors (Lipinski definition) is 1. The van der Waals surface area contributed by atoms with E-state index in [4.69, 9.17) is 4.84 Å². The summed E-state index contributed by atoms with van der Waals surface area (Å²) in [5.41, 5.74) is 1.92. The lowest BCUT2D eigenvalue weighted by Gasteiger charge is -2.35. The van der Waals surface area contributed by atoms with Gasteiger partial charge >= 0.3 is 5.97 Å². The standard InChI is InChI=1S/C34H32FN5O4/c1-2-39-20-28(34(42)43)31(41)27-19-29(35)33(36-32(27)39)40-16-14-38(15-17-40)21-30(37-44-22-23-8-4-3-5-9-23)26-13-12-24-10-6-7-11-25(24)18-26/h3-13,18-20H,2,14-17,21-22H2,1H3,(H,42,43). The van der Waals surface area contributed by atoms with Crippen molar-refractivity contribution in [3.63, 3.8) is 0 Å². The van der Waals surface area contributed by atoms with Gasteiger partial charge in [-0.15, -0.1) is 0 Å². The average Bonchev–Trinajstić information content (AvgIpc) is 3.05. The van der Waals surface area contributed by atoms with Crippen molar-refractivity contribution < 1.29 is 19.1 Å². The molecule has 0 bridgehead atoms. The first-order valence-corrected chi connectivity index (χ1v) is 14.6. The summed E-state index contributed by atoms with van der Waals surface area (Å²) < 4.78 is 16.9. The van der Waals surface area contributed by atoms with Crippen LogP contribution in [0.5, 0.6) is 0 Å². The fourth-order valence-corrected chi connectivity index (χ4v) is 5.52. The van der Waals surface area contributed by atoms with Gasteiger partial charge in [0, 0.05) is 51.0 Å². The lowest BCUT2D eigenvalue weighted by molar-refractivity contribution is 0.0695. The van der Waals surface area contributed by atoms with Crippen molar-refractivity contribution in [2.45, 2.75) is 20.1 Å². The number of aryl methyl sites for hydroxylation is 1. The second kappa shape index (κ2) is 12.6. The molecule has 3 heterocycles. The summed E-state index contributed by atoms with van der Waals surface area (Å²) in [7, 11) is 0. The van der Waals surface area contributed by atoms with Crippen LogP contribution in [0.25, 0.3) is 21.8 Å². The molecule has 0 saturated carbocycles. The highest BCUT2D eigenvalue weighted by Gasteiger charge is 2.25. The Bertz CT molecular complexity index is 1920. The zero-order valence-corrected chi connectivity index (χ0v) is 24.3. The second-order valence-electron chi connectivity index (χ2n) is 10.8. The first-order chi connectivity index (χ1) is 21.4. The average molecular weight is 594 g/mol. The van der Waals surface area contributed by atoms with Gasteiger partial charge in [0.2, 0.25) is 5.43 Å². The van der Waals surface area contributed by atoms with Crippen molar-refractivity contribution in [2.24, 2.45) is 5.16 Å². The van der Waals surface area contributed by atoms with Gasteiger partial charge in [0.05, 0.1) is 5.39 Å². The lowest BCUT2D eigenvalue weighted by atomic mass is 10.0. The molecule has 0 amide bonds. The molecule has 6 rings (SSSR count). The Labute approximate surface area is 253 Å². The minimum Gasteiger partial charge on any atom is -0.477 e. The first kappa shape index (κ1) is 29.0. The van der Waals surface area contributed by atoms with Gasteiger partial charge in [0.1, 0.15) is 23.5 Å². The number of carboxylic acids is 1. The van der Waals surface area contributed by atoms with Crippen molar-refractivity contribution in [1.82, 2.24) is 14.5 Å². The molecule has 3 aromatic carbocycles. The van der Waals surface area contributed by atoms with Gasteiger partial charge in [-0.05, 0) is 35.4 Å². The van der Waals surface area contributed by atoms with Crippen molar-refractivity contribution in [1.29, 1.82) is 0 Å². The second-order valence-corrected chi connectivity index (χ2v) is 10.8. The van der Waals surface area contributed by atoms with Crippen LogP contribution in [-0.4, -0.2) is 64.0 Å². The zero-order valence-electron chi connectivity index (χ0n) is 24.3. The van der Waals surface area contributed by atoms with Crippen LogP contribution in [0, 0.1) is 5.82 Å². The highest BCUT2D eigenvalue weighted by atomic mass is 19.1. The number of benzene rings is 3. The molecule has 2 aromatic heterocycles. The molecule has 1 N–H and O–H groups in total. The first-order valence-electron chi connectivity index (χ1n) is 14.6. The normalized spacial score (nSPS) is 14.3. The van der Waals surface area contributed by atoms with E-state index >= 15 is 4.39 Å². The third kappa shape index (κ3) is 6.02. The van der Waals surface area contributed by atoms with Gasteiger partial charge in [-0.1, -0.05) is 71.9 Å². The monoisotopic (exact) mass is 593 g/mol. The van der Waals surface area contributed by atoms with Gasteiger partial charge in [0.25, 0.3) is 0 Å². The number of hydrogen-bond acceptors (Lipinski definition) is 7. The Morgan fingerprint density at radius 1 is 0.977 bits per heavy atom. The van der Waals surface area contributed by atoms with E-state index in [0.717, 1.165) is 33.7 Å². The van der Waals surface area contributed by atoms with E-state index in [9.17, 15) is 14.7 Å². The number of piperazine rings is 1. The van der Waals surface area contributed by atoms with Gasteiger partial charge in [-0.25, -0.2) is 14.2 Å². The Kier molecular flexibility index (Phi) is 8.33. The number of pyridine rings is 2. The van der Waals surface area contributed by atoms with E-state index in [1.165, 1.54) is 6.20 Å². The molecule has 5 aromatic rings. The minimum absolute atomic E-state index is 0.0432. The molecule has 44 heavy (non-hydrogen) atoms. The number of fused-ring (bicyclic) bond motifs is 2. The molecule has 9 nitrogen and oxygen atoms in total. The summed E-state index contributed by atoms with van der Waals surface area (Å²) in [6.07, 6.45) is 1.27. The predicted molar refractivity (Wildman–Crippen MR) is 169 cm³/mol. The van der Waals surface area contributed by atoms with Crippen molar-refractivity contribution >= 4 is 39.3 Å². The van der Waals surface area contributed by atoms with Crippen molar-refractivity contribution in [3.05, 3.63) is 118 Å². The predicted octanol–water partition coefficient (Wildman–Crippen LogP) is 5.15. The number of aromatic nitrogens is 2. The molecule has 1 fully saturated rings. The quantitative estimate of drug-likeness (QED) is 0.186. The lowest BCUT2D eigenvalue weighted by Crippen LogP contribution is -2.48. The minimum atomic E-state index is -1.35. The van der Waals surface area contributed by atoms with Gasteiger partial charge in [-0.2, -0.15) is 0 Å². The van der Waals surface area contributed by atoms with Gasteiger partial charge < -0.3 is 19.4 Å². The molecule has 1 aliphatic heterocycles. The molecule has 0 radical (unpaired) electrons. The van der Waals surface area contributed by atoms with Crippen LogP contribution in [0.1, 0.15) is 28.4 Å². The molecule has 0 atom stereocenters. The van der Waals surface area contributed by atoms with Gasteiger partial charge in [0.15, 0.2) is 11.6 Å². The van der Waals surface area contributed by atoms with Crippen LogP contribution in [0.2, 0.25) is 0 Å². The highest BCUT2D eigenvalue weighted by molar-refractivity contribution is 6.04. The number of nitrogens with zero attached hydrogens (tertiary/aromatic N) is 5. The Hall–Kier alpha value is -5.09. The third-order valence-electron chi connectivity index (χ3n) is 7.93. The fourth-order valence-electron chi connectivity index (χ4n) is 5.52. The summed E-state index contributed by atoms with van der Waals surface area (Å²) in [4.78, 5) is 38.7. The molecule has 224 valence electrons. The van der Waals surface area contributed by atoms with Crippen molar-refractivity contribution in [3.8, 4) is 0 Å². The molecule has 1 saturated heterocycles. The number of carbonyl (C=O) groups is 1. The smallest absolute Gasteiger partial charge is 0.341 e. The topological polar surface area (TPSA) is 100 Å². The third-order valence-corrected chi connectivity index (χ3v) is 7.93. The van der Waals surface area contributed by atoms with E-state index in [-0.39, 0.29) is 16.9 Å². The SMILES string of the molecule is CCn1cc(C(=O)O)c(=O)c2cc(F)c(N3CCN(CC(=NOCc4ccccc4)c4ccc5ccccc5c4)CC3)nc21. The Morgan fingerprint density at radius 3 is 2.43 bits per heavy atom. The summed E-state index contributed by atoms with van der Waals surface area (Å²) in [6.45, 7) is 5.37. The molecule has 0 unspecified atom stereocenters. The number of oxime groups is 1. The zero-order chi connectivity index (χ0) is 30.6. The number of rotatable bonds is 9. The summed E-state index contributed by atoms with van der Waals surface area (Å²) in [6, 6.07) is 25.4. The van der Waals surface area contributed by atoms with Crippen LogP contribution in [0.3, 0.4) is 0 Å². The Morgan fingerprint density at radius 2 is 1.70 bits per heavy atom. The maximum Gasteiger partial charge on any atom is 0.341 e. The van der Waals surface area contributed by atoms with Crippen LogP contribution in [0.15, 0.2) is 95.0 Å². The maximum absolute atomic E-state index is 15.3. The van der Waals surface area contributed by atoms with Crippen LogP contribution < -0.4 is 10.3 Å². The van der Waals surface area contributed by atoms with E-state index in [1.807, 2.05) is 54.3 Å². The molecular formula is C34H32FN5O4. The summed E-state index contributed by atoms with van der Waals surface area (Å²) in [5, 5.41) is 16.2. The van der Waals surface area contributed by atoms with Crippen molar-refractivity contribution in [2.75, 3.05) is 37.6 Å².